The van der Waals surface area contributed by atoms with Crippen LogP contribution in [-0.2, 0) is 30.5 Å². The van der Waals surface area contributed by atoms with Crippen molar-refractivity contribution >= 4 is 15.7 Å². The summed E-state index contributed by atoms with van der Waals surface area (Å²) in [4.78, 5) is 23.1. The van der Waals surface area contributed by atoms with E-state index in [1.165, 1.54) is 14.1 Å². The van der Waals surface area contributed by atoms with Crippen LogP contribution in [0.2, 0.25) is 0 Å². The van der Waals surface area contributed by atoms with Gasteiger partial charge >= 0.3 is 5.69 Å². The topological polar surface area (TPSA) is 116 Å². The number of benzene rings is 1. The molecule has 124 valence electrons. The molecular formula is C14H18N4O4S. The van der Waals surface area contributed by atoms with Gasteiger partial charge in [0, 0.05) is 32.5 Å². The quantitative estimate of drug-likeness (QED) is 0.692. The monoisotopic (exact) mass is 338 g/mol. The van der Waals surface area contributed by atoms with E-state index in [4.69, 9.17) is 5.73 Å². The predicted molar refractivity (Wildman–Crippen MR) is 86.7 cm³/mol. The molecule has 0 fully saturated rings. The number of anilines is 1. The van der Waals surface area contributed by atoms with E-state index in [0.717, 1.165) is 20.9 Å². The van der Waals surface area contributed by atoms with Crippen molar-refractivity contribution < 1.29 is 8.42 Å². The second kappa shape index (κ2) is 6.39. The average molecular weight is 338 g/mol. The number of nitrogen functional groups attached to an aromatic ring is 1. The molecule has 1 aromatic carbocycles. The third-order valence-electron chi connectivity index (χ3n) is 3.39. The van der Waals surface area contributed by atoms with Crippen LogP contribution in [0.1, 0.15) is 5.56 Å². The molecule has 1 aromatic heterocycles. The second-order valence-corrected chi connectivity index (χ2v) is 6.88. The second-order valence-electron chi connectivity index (χ2n) is 5.14. The van der Waals surface area contributed by atoms with Gasteiger partial charge in [-0.2, -0.15) is 0 Å². The Hall–Kier alpha value is -2.39. The Morgan fingerprint density at radius 2 is 1.74 bits per heavy atom. The number of nitrogens with two attached hydrogens (primary N) is 1. The normalized spacial score (nSPS) is 11.6. The maximum atomic E-state index is 12.3. The van der Waals surface area contributed by atoms with Gasteiger partial charge in [0.15, 0.2) is 4.90 Å². The number of hydrogen-bond acceptors (Lipinski definition) is 5. The molecule has 23 heavy (non-hydrogen) atoms. The molecule has 0 bridgehead atoms. The molecule has 0 spiro atoms. The molecule has 0 saturated heterocycles. The van der Waals surface area contributed by atoms with Crippen molar-refractivity contribution in [3.8, 4) is 0 Å². The Balaban J connectivity index is 2.18. The Morgan fingerprint density at radius 1 is 1.13 bits per heavy atom. The van der Waals surface area contributed by atoms with Crippen LogP contribution >= 0.6 is 0 Å². The lowest BCUT2D eigenvalue weighted by atomic mass is 10.1. The summed E-state index contributed by atoms with van der Waals surface area (Å²) in [7, 11) is -1.38. The summed E-state index contributed by atoms with van der Waals surface area (Å²) in [5.41, 5.74) is 5.68. The third-order valence-corrected chi connectivity index (χ3v) is 4.83. The number of hydrogen-bond donors (Lipinski definition) is 2. The van der Waals surface area contributed by atoms with Crippen LogP contribution in [-0.4, -0.2) is 24.1 Å². The van der Waals surface area contributed by atoms with E-state index >= 15 is 0 Å². The van der Waals surface area contributed by atoms with Gasteiger partial charge in [-0.15, -0.1) is 0 Å². The molecule has 0 radical (unpaired) electrons. The fourth-order valence-electron chi connectivity index (χ4n) is 2.05. The van der Waals surface area contributed by atoms with Gasteiger partial charge in [-0.3, -0.25) is 9.36 Å². The lowest BCUT2D eigenvalue weighted by molar-refractivity contribution is 0.571. The summed E-state index contributed by atoms with van der Waals surface area (Å²) in [6, 6.07) is 7.06. The molecule has 2 rings (SSSR count). The highest BCUT2D eigenvalue weighted by Gasteiger charge is 2.20. The van der Waals surface area contributed by atoms with Crippen molar-refractivity contribution in [1.29, 1.82) is 0 Å². The first-order valence-electron chi connectivity index (χ1n) is 6.83. The molecule has 0 amide bonds. The Morgan fingerprint density at radius 3 is 2.35 bits per heavy atom. The minimum atomic E-state index is -4.00. The lowest BCUT2D eigenvalue weighted by Crippen LogP contribution is -2.41. The Bertz CT molecular complexity index is 927. The highest BCUT2D eigenvalue weighted by Crippen LogP contribution is 2.06. The van der Waals surface area contributed by atoms with Crippen molar-refractivity contribution in [1.82, 2.24) is 13.9 Å². The predicted octanol–water partition coefficient (Wildman–Crippen LogP) is -0.813. The lowest BCUT2D eigenvalue weighted by Gasteiger charge is -2.09. The third kappa shape index (κ3) is 3.69. The highest BCUT2D eigenvalue weighted by molar-refractivity contribution is 7.89. The minimum Gasteiger partial charge on any atom is -0.399 e. The molecule has 2 aromatic rings. The first-order chi connectivity index (χ1) is 10.7. The van der Waals surface area contributed by atoms with E-state index in [1.54, 1.807) is 24.3 Å². The van der Waals surface area contributed by atoms with Crippen LogP contribution in [0.5, 0.6) is 0 Å². The summed E-state index contributed by atoms with van der Waals surface area (Å²) in [6.45, 7) is 0.123. The first-order valence-corrected chi connectivity index (χ1v) is 8.31. The van der Waals surface area contributed by atoms with Gasteiger partial charge in [0.2, 0.25) is 10.0 Å². The smallest absolute Gasteiger partial charge is 0.330 e. The fourth-order valence-corrected chi connectivity index (χ4v) is 3.24. The zero-order valence-electron chi connectivity index (χ0n) is 12.8. The van der Waals surface area contributed by atoms with Crippen molar-refractivity contribution in [2.75, 3.05) is 12.3 Å². The SMILES string of the molecule is Cn1cc(S(=O)(=O)NCCc2ccc(N)cc2)c(=O)n(C)c1=O. The van der Waals surface area contributed by atoms with Gasteiger partial charge < -0.3 is 10.3 Å². The molecule has 0 aliphatic carbocycles. The molecule has 8 nitrogen and oxygen atoms in total. The summed E-state index contributed by atoms with van der Waals surface area (Å²) < 4.78 is 28.7. The standard InChI is InChI=1S/C14H18N4O4S/c1-17-9-12(13(19)18(2)14(17)20)23(21,22)16-8-7-10-3-5-11(15)6-4-10/h3-6,9,16H,7-8,15H2,1-2H3. The maximum Gasteiger partial charge on any atom is 0.330 e. The van der Waals surface area contributed by atoms with E-state index in [-0.39, 0.29) is 6.54 Å². The van der Waals surface area contributed by atoms with Crippen molar-refractivity contribution in [3.05, 3.63) is 56.9 Å². The zero-order chi connectivity index (χ0) is 17.2. The van der Waals surface area contributed by atoms with Crippen molar-refractivity contribution in [2.45, 2.75) is 11.3 Å². The molecule has 9 heteroatoms. The number of nitrogens with zero attached hydrogens (tertiary/aromatic N) is 2. The number of aryl methyl sites for hydroxylation is 1. The molecule has 0 atom stereocenters. The maximum absolute atomic E-state index is 12.3. The highest BCUT2D eigenvalue weighted by atomic mass is 32.2. The minimum absolute atomic E-state index is 0.123. The van der Waals surface area contributed by atoms with E-state index in [9.17, 15) is 18.0 Å². The van der Waals surface area contributed by atoms with Crippen LogP contribution in [0.4, 0.5) is 5.69 Å². The largest absolute Gasteiger partial charge is 0.399 e. The van der Waals surface area contributed by atoms with Crippen LogP contribution < -0.4 is 21.7 Å². The van der Waals surface area contributed by atoms with Gasteiger partial charge in [0.05, 0.1) is 0 Å². The fraction of sp³-hybridized carbons (Fsp3) is 0.286. The van der Waals surface area contributed by atoms with Gasteiger partial charge in [-0.25, -0.2) is 17.9 Å². The Kier molecular flexibility index (Phi) is 4.71. The van der Waals surface area contributed by atoms with E-state index in [0.29, 0.717) is 12.1 Å². The van der Waals surface area contributed by atoms with E-state index in [2.05, 4.69) is 4.72 Å². The Labute approximate surface area is 133 Å². The summed E-state index contributed by atoms with van der Waals surface area (Å²) in [5, 5.41) is 0. The van der Waals surface area contributed by atoms with Crippen molar-refractivity contribution in [2.24, 2.45) is 14.1 Å². The van der Waals surface area contributed by atoms with Crippen LogP contribution in [0.15, 0.2) is 44.9 Å². The zero-order valence-corrected chi connectivity index (χ0v) is 13.6. The summed E-state index contributed by atoms with van der Waals surface area (Å²) >= 11 is 0. The first kappa shape index (κ1) is 17.0. The number of nitrogens with one attached hydrogen (secondary N) is 1. The molecule has 0 unspecified atom stereocenters. The molecular weight excluding hydrogens is 320 g/mol. The molecule has 0 saturated carbocycles. The van der Waals surface area contributed by atoms with Gasteiger partial charge in [-0.1, -0.05) is 12.1 Å². The number of sulfonamides is 1. The van der Waals surface area contributed by atoms with Crippen LogP contribution in [0.3, 0.4) is 0 Å². The van der Waals surface area contributed by atoms with E-state index < -0.39 is 26.2 Å². The molecule has 1 heterocycles. The number of rotatable bonds is 5. The van der Waals surface area contributed by atoms with Crippen LogP contribution in [0.25, 0.3) is 0 Å². The van der Waals surface area contributed by atoms with Gasteiger partial charge in [0.1, 0.15) is 0 Å². The van der Waals surface area contributed by atoms with Gasteiger partial charge in [-0.05, 0) is 24.1 Å². The number of aromatic nitrogens is 2. The average Bonchev–Trinajstić information content (AvgIpc) is 2.50. The summed E-state index contributed by atoms with van der Waals surface area (Å²) in [5.74, 6) is 0. The van der Waals surface area contributed by atoms with Crippen molar-refractivity contribution in [3.63, 3.8) is 0 Å². The molecule has 3 N–H and O–H groups in total. The molecule has 0 aliphatic rings. The summed E-state index contributed by atoms with van der Waals surface area (Å²) in [6.07, 6.45) is 1.47. The van der Waals surface area contributed by atoms with Gasteiger partial charge in [0.25, 0.3) is 5.56 Å². The van der Waals surface area contributed by atoms with Crippen LogP contribution in [0, 0.1) is 0 Å². The molecule has 0 aliphatic heterocycles. The van der Waals surface area contributed by atoms with E-state index in [1.807, 2.05) is 0 Å².